The highest BCUT2D eigenvalue weighted by atomic mass is 35.5. The van der Waals surface area contributed by atoms with Gasteiger partial charge < -0.3 is 4.74 Å². The average Bonchev–Trinajstić information content (AvgIpc) is 2.15. The number of alkyl halides is 3. The topological polar surface area (TPSA) is 22.1 Å². The Balaban J connectivity index is 2.69. The van der Waals surface area contributed by atoms with Crippen LogP contribution >= 0.6 is 23.2 Å². The molecule has 0 aliphatic rings. The Morgan fingerprint density at radius 2 is 2.21 bits per heavy atom. The smallest absolute Gasteiger partial charge is 0.272 e. The molecule has 0 unspecified atom stereocenters. The maximum absolute atomic E-state index is 11.8. The van der Waals surface area contributed by atoms with Crippen molar-refractivity contribution in [3.05, 3.63) is 22.8 Å². The van der Waals surface area contributed by atoms with Gasteiger partial charge in [0.2, 0.25) is 5.88 Å². The van der Waals surface area contributed by atoms with Crippen molar-refractivity contribution in [3.8, 4) is 5.88 Å². The first-order valence-electron chi connectivity index (χ1n) is 3.75. The van der Waals surface area contributed by atoms with E-state index in [1.54, 1.807) is 0 Å². The van der Waals surface area contributed by atoms with Gasteiger partial charge in [0.15, 0.2) is 6.61 Å². The Morgan fingerprint density at radius 3 is 2.71 bits per heavy atom. The van der Waals surface area contributed by atoms with Crippen LogP contribution in [0.15, 0.2) is 12.3 Å². The first kappa shape index (κ1) is 11.5. The molecule has 0 fully saturated rings. The van der Waals surface area contributed by atoms with Crippen LogP contribution < -0.4 is 4.74 Å². The van der Waals surface area contributed by atoms with Gasteiger partial charge in [0, 0.05) is 12.1 Å². The Labute approximate surface area is 89.8 Å². The largest absolute Gasteiger partial charge is 0.471 e. The van der Waals surface area contributed by atoms with E-state index < -0.39 is 13.0 Å². The SMILES string of the molecule is FC(F)COc1ncc(CCl)cc1Cl. The number of pyridine rings is 1. The highest BCUT2D eigenvalue weighted by molar-refractivity contribution is 6.32. The van der Waals surface area contributed by atoms with Crippen LogP contribution in [0.25, 0.3) is 0 Å². The molecule has 1 aromatic heterocycles. The van der Waals surface area contributed by atoms with E-state index >= 15 is 0 Å². The molecule has 0 aromatic carbocycles. The summed E-state index contributed by atoms with van der Waals surface area (Å²) in [5.41, 5.74) is 0.709. The Morgan fingerprint density at radius 1 is 1.50 bits per heavy atom. The van der Waals surface area contributed by atoms with Gasteiger partial charge in [0.1, 0.15) is 5.02 Å². The van der Waals surface area contributed by atoms with Crippen molar-refractivity contribution in [2.24, 2.45) is 0 Å². The molecule has 0 bridgehead atoms. The monoisotopic (exact) mass is 241 g/mol. The molecule has 0 radical (unpaired) electrons. The number of hydrogen-bond acceptors (Lipinski definition) is 2. The van der Waals surface area contributed by atoms with Crippen LogP contribution in [0.3, 0.4) is 0 Å². The molecule has 6 heteroatoms. The first-order chi connectivity index (χ1) is 6.63. The van der Waals surface area contributed by atoms with Crippen LogP contribution in [-0.4, -0.2) is 18.0 Å². The van der Waals surface area contributed by atoms with Gasteiger partial charge in [-0.05, 0) is 11.6 Å². The molecule has 0 amide bonds. The van der Waals surface area contributed by atoms with Crippen LogP contribution in [0.2, 0.25) is 5.02 Å². The van der Waals surface area contributed by atoms with Gasteiger partial charge in [-0.15, -0.1) is 11.6 Å². The van der Waals surface area contributed by atoms with Gasteiger partial charge >= 0.3 is 0 Å². The zero-order valence-electron chi connectivity index (χ0n) is 7.01. The Kier molecular flexibility index (Phi) is 4.35. The molecule has 1 rings (SSSR count). The summed E-state index contributed by atoms with van der Waals surface area (Å²) in [6.07, 6.45) is -1.11. The third-order valence-corrected chi connectivity index (χ3v) is 1.94. The molecule has 0 spiro atoms. The molecule has 1 aromatic rings. The standard InChI is InChI=1S/C8H7Cl2F2NO/c9-2-5-1-6(10)8(13-3-5)14-4-7(11)12/h1,3,7H,2,4H2. The van der Waals surface area contributed by atoms with E-state index in [9.17, 15) is 8.78 Å². The lowest BCUT2D eigenvalue weighted by molar-refractivity contribution is 0.0796. The number of nitrogens with zero attached hydrogens (tertiary/aromatic N) is 1. The van der Waals surface area contributed by atoms with Crippen molar-refractivity contribution in [3.63, 3.8) is 0 Å². The highest BCUT2D eigenvalue weighted by Gasteiger charge is 2.08. The number of ether oxygens (including phenoxy) is 1. The number of rotatable bonds is 4. The van der Waals surface area contributed by atoms with E-state index in [4.69, 9.17) is 23.2 Å². The molecular formula is C8H7Cl2F2NO. The van der Waals surface area contributed by atoms with Crippen molar-refractivity contribution in [2.75, 3.05) is 6.61 Å². The molecular weight excluding hydrogens is 235 g/mol. The van der Waals surface area contributed by atoms with Crippen LogP contribution in [0.1, 0.15) is 5.56 Å². The lowest BCUT2D eigenvalue weighted by Gasteiger charge is -2.06. The Hall–Kier alpha value is -0.610. The van der Waals surface area contributed by atoms with Gasteiger partial charge in [-0.25, -0.2) is 13.8 Å². The third-order valence-electron chi connectivity index (χ3n) is 1.36. The second kappa shape index (κ2) is 5.32. The maximum atomic E-state index is 11.8. The van der Waals surface area contributed by atoms with E-state index in [0.29, 0.717) is 5.56 Å². The summed E-state index contributed by atoms with van der Waals surface area (Å²) in [5, 5.41) is 0.184. The minimum atomic E-state index is -2.54. The van der Waals surface area contributed by atoms with Gasteiger partial charge in [0.25, 0.3) is 6.43 Å². The van der Waals surface area contributed by atoms with E-state index in [1.165, 1.54) is 12.3 Å². The van der Waals surface area contributed by atoms with E-state index in [1.807, 2.05) is 0 Å². The number of halogens is 4. The minimum absolute atomic E-state index is 0.000772. The maximum Gasteiger partial charge on any atom is 0.272 e. The summed E-state index contributed by atoms with van der Waals surface area (Å²) in [6.45, 7) is -0.715. The molecule has 14 heavy (non-hydrogen) atoms. The highest BCUT2D eigenvalue weighted by Crippen LogP contribution is 2.23. The van der Waals surface area contributed by atoms with Crippen molar-refractivity contribution in [1.29, 1.82) is 0 Å². The molecule has 78 valence electrons. The summed E-state index contributed by atoms with van der Waals surface area (Å²) in [4.78, 5) is 3.75. The third kappa shape index (κ3) is 3.27. The molecule has 1 heterocycles. The average molecular weight is 242 g/mol. The zero-order chi connectivity index (χ0) is 10.6. The zero-order valence-corrected chi connectivity index (χ0v) is 8.53. The van der Waals surface area contributed by atoms with E-state index in [-0.39, 0.29) is 16.8 Å². The van der Waals surface area contributed by atoms with Gasteiger partial charge in [0.05, 0.1) is 0 Å². The number of aromatic nitrogens is 1. The van der Waals surface area contributed by atoms with Crippen molar-refractivity contribution < 1.29 is 13.5 Å². The summed E-state index contributed by atoms with van der Waals surface area (Å²) in [7, 11) is 0. The molecule has 0 saturated carbocycles. The van der Waals surface area contributed by atoms with E-state index in [2.05, 4.69) is 9.72 Å². The lowest BCUT2D eigenvalue weighted by atomic mass is 10.3. The van der Waals surface area contributed by atoms with Gasteiger partial charge in [-0.3, -0.25) is 0 Å². The quantitative estimate of drug-likeness (QED) is 0.756. The lowest BCUT2D eigenvalue weighted by Crippen LogP contribution is -2.08. The fourth-order valence-corrected chi connectivity index (χ4v) is 1.18. The fourth-order valence-electron chi connectivity index (χ4n) is 0.786. The normalized spacial score (nSPS) is 10.6. The van der Waals surface area contributed by atoms with Gasteiger partial charge in [-0.1, -0.05) is 11.6 Å². The summed E-state index contributed by atoms with van der Waals surface area (Å²) in [6, 6.07) is 1.53. The summed E-state index contributed by atoms with van der Waals surface area (Å²) >= 11 is 11.2. The van der Waals surface area contributed by atoms with Crippen LogP contribution in [0.4, 0.5) is 8.78 Å². The number of hydrogen-bond donors (Lipinski definition) is 0. The van der Waals surface area contributed by atoms with Crippen LogP contribution in [0.5, 0.6) is 5.88 Å². The second-order valence-electron chi connectivity index (χ2n) is 2.47. The van der Waals surface area contributed by atoms with Crippen molar-refractivity contribution >= 4 is 23.2 Å². The molecule has 0 atom stereocenters. The minimum Gasteiger partial charge on any atom is -0.471 e. The van der Waals surface area contributed by atoms with Crippen molar-refractivity contribution in [1.82, 2.24) is 4.98 Å². The predicted molar refractivity (Wildman–Crippen MR) is 50.3 cm³/mol. The van der Waals surface area contributed by atoms with Crippen LogP contribution in [-0.2, 0) is 5.88 Å². The molecule has 0 saturated heterocycles. The summed E-state index contributed by atoms with van der Waals surface area (Å²) < 4.78 is 28.2. The first-order valence-corrected chi connectivity index (χ1v) is 4.66. The van der Waals surface area contributed by atoms with Gasteiger partial charge in [-0.2, -0.15) is 0 Å². The molecule has 0 N–H and O–H groups in total. The molecule has 0 aliphatic carbocycles. The summed E-state index contributed by atoms with van der Waals surface area (Å²) in [5.74, 6) is 0.266. The van der Waals surface area contributed by atoms with Crippen LogP contribution in [0, 0.1) is 0 Å². The van der Waals surface area contributed by atoms with E-state index in [0.717, 1.165) is 0 Å². The Bertz CT molecular complexity index is 309. The fraction of sp³-hybridized carbons (Fsp3) is 0.375. The molecule has 2 nitrogen and oxygen atoms in total. The molecule has 0 aliphatic heterocycles. The predicted octanol–water partition coefficient (Wildman–Crippen LogP) is 3.12. The van der Waals surface area contributed by atoms with Crippen molar-refractivity contribution in [2.45, 2.75) is 12.3 Å². The second-order valence-corrected chi connectivity index (χ2v) is 3.14.